The summed E-state index contributed by atoms with van der Waals surface area (Å²) in [7, 11) is 3.02. The van der Waals surface area contributed by atoms with Gasteiger partial charge in [-0.3, -0.25) is 14.4 Å². The van der Waals surface area contributed by atoms with Gasteiger partial charge in [-0.15, -0.1) is 11.3 Å². The zero-order valence-corrected chi connectivity index (χ0v) is 22.8. The first-order chi connectivity index (χ1) is 18.7. The molecule has 11 heteroatoms. The molecule has 1 heterocycles. The van der Waals surface area contributed by atoms with Crippen molar-refractivity contribution >= 4 is 46.5 Å². The van der Waals surface area contributed by atoms with Crippen LogP contribution in [-0.4, -0.2) is 60.6 Å². The molecule has 4 N–H and O–H groups in total. The summed E-state index contributed by atoms with van der Waals surface area (Å²) in [4.78, 5) is 51.8. The van der Waals surface area contributed by atoms with Gasteiger partial charge in [-0.2, -0.15) is 0 Å². The third-order valence-electron chi connectivity index (χ3n) is 6.04. The van der Waals surface area contributed by atoms with Crippen molar-refractivity contribution in [2.75, 3.05) is 31.3 Å². The number of likely N-dealkylation sites (N-methyl/N-ethyl adjacent to an activating group) is 1. The highest BCUT2D eigenvalue weighted by Gasteiger charge is 2.28. The van der Waals surface area contributed by atoms with E-state index in [2.05, 4.69) is 16.0 Å². The van der Waals surface area contributed by atoms with Crippen LogP contribution in [0.5, 0.6) is 5.75 Å². The van der Waals surface area contributed by atoms with Crippen LogP contribution in [0.3, 0.4) is 0 Å². The Bertz CT molecular complexity index is 1310. The van der Waals surface area contributed by atoms with Crippen molar-refractivity contribution in [3.05, 3.63) is 76.0 Å². The molecule has 1 atom stereocenters. The summed E-state index contributed by atoms with van der Waals surface area (Å²) in [5.74, 6) is -1.36. The Morgan fingerprint density at radius 1 is 1.03 bits per heavy atom. The lowest BCUT2D eigenvalue weighted by Crippen LogP contribution is -2.49. The first-order valence-electron chi connectivity index (χ1n) is 12.3. The number of amides is 4. The lowest BCUT2D eigenvalue weighted by atomic mass is 10.1. The number of aliphatic carboxylic acids is 1. The molecule has 0 radical (unpaired) electrons. The lowest BCUT2D eigenvalue weighted by Gasteiger charge is -2.27. The maximum atomic E-state index is 13.2. The molecule has 3 rings (SSSR count). The van der Waals surface area contributed by atoms with Gasteiger partial charge >= 0.3 is 12.0 Å². The Hall–Kier alpha value is -4.38. The molecule has 0 fully saturated rings. The number of rotatable bonds is 12. The molecule has 0 aliphatic heterocycles. The number of carboxylic acid groups (broad SMARTS) is 1. The molecular formula is C28H32N4O6S. The van der Waals surface area contributed by atoms with Gasteiger partial charge < -0.3 is 30.7 Å². The van der Waals surface area contributed by atoms with E-state index in [-0.39, 0.29) is 25.3 Å². The van der Waals surface area contributed by atoms with Gasteiger partial charge in [-0.1, -0.05) is 30.3 Å². The summed E-state index contributed by atoms with van der Waals surface area (Å²) < 4.78 is 5.44. The van der Waals surface area contributed by atoms with E-state index in [1.165, 1.54) is 23.3 Å². The van der Waals surface area contributed by atoms with Gasteiger partial charge in [-0.25, -0.2) is 4.79 Å². The van der Waals surface area contributed by atoms with Crippen LogP contribution in [0.1, 0.15) is 22.4 Å². The number of thiophene rings is 1. The second kappa shape index (κ2) is 14.0. The van der Waals surface area contributed by atoms with Gasteiger partial charge in [0.15, 0.2) is 0 Å². The summed E-state index contributed by atoms with van der Waals surface area (Å²) in [6.07, 6.45) is 0.0885. The van der Waals surface area contributed by atoms with Crippen LogP contribution < -0.4 is 20.7 Å². The first kappa shape index (κ1) is 29.2. The summed E-state index contributed by atoms with van der Waals surface area (Å²) in [6.45, 7) is 1.86. The van der Waals surface area contributed by atoms with Gasteiger partial charge in [-0.05, 0) is 47.7 Å². The molecule has 1 unspecified atom stereocenters. The number of urea groups is 1. The number of carbonyl (C=O) groups excluding carboxylic acids is 3. The Kier molecular flexibility index (Phi) is 10.4. The zero-order valence-electron chi connectivity index (χ0n) is 22.0. The number of benzene rings is 2. The van der Waals surface area contributed by atoms with Crippen LogP contribution in [0, 0.1) is 6.92 Å². The average Bonchev–Trinajstić information content (AvgIpc) is 3.42. The Morgan fingerprint density at radius 3 is 2.44 bits per heavy atom. The molecule has 1 aromatic heterocycles. The third kappa shape index (κ3) is 8.57. The SMILES string of the molecule is COc1cc(CC(=O)N(C)C(Cc2cccs2)C(=O)NCCC(=O)O)ccc1NC(=O)Nc1ccccc1C. The topological polar surface area (TPSA) is 137 Å². The van der Waals surface area contributed by atoms with Crippen molar-refractivity contribution in [1.29, 1.82) is 0 Å². The maximum absolute atomic E-state index is 13.2. The molecule has 206 valence electrons. The monoisotopic (exact) mass is 552 g/mol. The van der Waals surface area contributed by atoms with Gasteiger partial charge in [0.2, 0.25) is 11.8 Å². The van der Waals surface area contributed by atoms with Gasteiger partial charge in [0.25, 0.3) is 0 Å². The van der Waals surface area contributed by atoms with E-state index in [0.717, 1.165) is 10.4 Å². The van der Waals surface area contributed by atoms with E-state index in [9.17, 15) is 19.2 Å². The van der Waals surface area contributed by atoms with E-state index in [0.29, 0.717) is 29.1 Å². The van der Waals surface area contributed by atoms with Gasteiger partial charge in [0.05, 0.1) is 25.6 Å². The number of methoxy groups -OCH3 is 1. The molecule has 4 amide bonds. The minimum Gasteiger partial charge on any atom is -0.495 e. The first-order valence-corrected chi connectivity index (χ1v) is 13.1. The lowest BCUT2D eigenvalue weighted by molar-refractivity contribution is -0.139. The minimum atomic E-state index is -1.02. The number of anilines is 2. The summed E-state index contributed by atoms with van der Waals surface area (Å²) >= 11 is 1.47. The van der Waals surface area contributed by atoms with Gasteiger partial charge in [0.1, 0.15) is 11.8 Å². The average molecular weight is 553 g/mol. The normalized spacial score (nSPS) is 11.3. The summed E-state index contributed by atoms with van der Waals surface area (Å²) in [5, 5.41) is 18.9. The van der Waals surface area contributed by atoms with Crippen LogP contribution in [0.15, 0.2) is 60.0 Å². The second-order valence-electron chi connectivity index (χ2n) is 8.84. The smallest absolute Gasteiger partial charge is 0.323 e. The minimum absolute atomic E-state index is 0.00804. The largest absolute Gasteiger partial charge is 0.495 e. The Morgan fingerprint density at radius 2 is 1.77 bits per heavy atom. The van der Waals surface area contributed by atoms with Crippen molar-refractivity contribution in [2.45, 2.75) is 32.2 Å². The number of hydrogen-bond acceptors (Lipinski definition) is 6. The highest BCUT2D eigenvalue weighted by atomic mass is 32.1. The van der Waals surface area contributed by atoms with Crippen molar-refractivity contribution in [1.82, 2.24) is 10.2 Å². The zero-order chi connectivity index (χ0) is 28.4. The van der Waals surface area contributed by atoms with Crippen LogP contribution in [0.25, 0.3) is 0 Å². The summed E-state index contributed by atoms with van der Waals surface area (Å²) in [6, 6.07) is 14.9. The number of para-hydroxylation sites is 1. The standard InChI is InChI=1S/C28H32N4O6S/c1-18-7-4-5-9-21(18)30-28(37)31-22-11-10-19(15-24(22)38-3)16-25(33)32(2)23(17-20-8-6-14-39-20)27(36)29-13-12-26(34)35/h4-11,14-15,23H,12-13,16-17H2,1-3H3,(H,29,36)(H,34,35)(H2,30,31,37). The molecule has 3 aromatic rings. The highest BCUT2D eigenvalue weighted by molar-refractivity contribution is 7.09. The van der Waals surface area contributed by atoms with E-state index >= 15 is 0 Å². The number of nitrogens with zero attached hydrogens (tertiary/aromatic N) is 1. The van der Waals surface area contributed by atoms with Gasteiger partial charge in [0, 0.05) is 30.6 Å². The highest BCUT2D eigenvalue weighted by Crippen LogP contribution is 2.27. The van der Waals surface area contributed by atoms with Crippen LogP contribution in [0.4, 0.5) is 16.2 Å². The fraction of sp³-hybridized carbons (Fsp3) is 0.286. The Balaban J connectivity index is 1.68. The molecule has 0 bridgehead atoms. The molecule has 39 heavy (non-hydrogen) atoms. The molecule has 2 aromatic carbocycles. The molecule has 0 saturated carbocycles. The summed E-state index contributed by atoms with van der Waals surface area (Å²) in [5.41, 5.74) is 2.67. The fourth-order valence-corrected chi connectivity index (χ4v) is 4.59. The predicted molar refractivity (Wildman–Crippen MR) is 150 cm³/mol. The second-order valence-corrected chi connectivity index (χ2v) is 9.88. The van der Waals surface area contributed by atoms with E-state index in [1.54, 1.807) is 31.3 Å². The van der Waals surface area contributed by atoms with Crippen molar-refractivity contribution in [3.63, 3.8) is 0 Å². The van der Waals surface area contributed by atoms with Crippen molar-refractivity contribution in [3.8, 4) is 5.75 Å². The molecule has 0 aliphatic carbocycles. The van der Waals surface area contributed by atoms with Crippen molar-refractivity contribution < 1.29 is 29.0 Å². The quantitative estimate of drug-likeness (QED) is 0.269. The molecule has 0 spiro atoms. The number of carbonyl (C=O) groups is 4. The van der Waals surface area contributed by atoms with Crippen molar-refractivity contribution in [2.24, 2.45) is 0 Å². The molecule has 10 nitrogen and oxygen atoms in total. The molecular weight excluding hydrogens is 520 g/mol. The van der Waals surface area contributed by atoms with E-state index < -0.39 is 23.9 Å². The number of nitrogens with one attached hydrogen (secondary N) is 3. The molecule has 0 aliphatic rings. The van der Waals surface area contributed by atoms with Crippen LogP contribution >= 0.6 is 11.3 Å². The fourth-order valence-electron chi connectivity index (χ4n) is 3.85. The van der Waals surface area contributed by atoms with E-state index in [1.807, 2.05) is 42.6 Å². The maximum Gasteiger partial charge on any atom is 0.323 e. The van der Waals surface area contributed by atoms with Crippen LogP contribution in [0.2, 0.25) is 0 Å². The third-order valence-corrected chi connectivity index (χ3v) is 6.94. The van der Waals surface area contributed by atoms with Crippen LogP contribution in [-0.2, 0) is 27.2 Å². The predicted octanol–water partition coefficient (Wildman–Crippen LogP) is 3.91. The number of ether oxygens (including phenoxy) is 1. The molecule has 0 saturated heterocycles. The van der Waals surface area contributed by atoms with E-state index in [4.69, 9.17) is 9.84 Å². The number of aryl methyl sites for hydroxylation is 1. The number of hydrogen-bond donors (Lipinski definition) is 4. The Labute approximate surface area is 231 Å². The number of carboxylic acids is 1.